The van der Waals surface area contributed by atoms with Crippen LogP contribution in [0.15, 0.2) is 0 Å². The Morgan fingerprint density at radius 2 is 1.94 bits per heavy atom. The fraction of sp³-hybridized carbons (Fsp3) is 0.833. The van der Waals surface area contributed by atoms with Crippen LogP contribution < -0.4 is 5.32 Å². The molecule has 0 aromatic heterocycles. The van der Waals surface area contributed by atoms with E-state index in [1.54, 1.807) is 6.92 Å². The third-order valence-electron chi connectivity index (χ3n) is 2.87. The molecule has 0 bridgehead atoms. The zero-order valence-electron chi connectivity index (χ0n) is 10.7. The monoisotopic (exact) mass is 229 g/mol. The Balaban J connectivity index is 4.41. The highest BCUT2D eigenvalue weighted by Crippen LogP contribution is 2.14. The maximum atomic E-state index is 11.6. The summed E-state index contributed by atoms with van der Waals surface area (Å²) in [4.78, 5) is 22.7. The van der Waals surface area contributed by atoms with Crippen LogP contribution in [0.4, 0.5) is 0 Å². The molecule has 94 valence electrons. The van der Waals surface area contributed by atoms with Crippen molar-refractivity contribution in [3.63, 3.8) is 0 Å². The second-order valence-corrected chi connectivity index (χ2v) is 4.65. The second kappa shape index (κ2) is 6.51. The van der Waals surface area contributed by atoms with Crippen LogP contribution in [0.25, 0.3) is 0 Å². The fourth-order valence-electron chi connectivity index (χ4n) is 1.54. The molecule has 4 nitrogen and oxygen atoms in total. The highest BCUT2D eigenvalue weighted by molar-refractivity contribution is 5.86. The van der Waals surface area contributed by atoms with Crippen molar-refractivity contribution in [2.24, 2.45) is 5.92 Å². The average Bonchev–Trinajstić information content (AvgIpc) is 2.17. The van der Waals surface area contributed by atoms with Gasteiger partial charge in [-0.2, -0.15) is 0 Å². The van der Waals surface area contributed by atoms with E-state index >= 15 is 0 Å². The molecule has 0 heterocycles. The van der Waals surface area contributed by atoms with Gasteiger partial charge in [-0.3, -0.25) is 4.79 Å². The number of carboxylic acid groups (broad SMARTS) is 1. The van der Waals surface area contributed by atoms with Crippen molar-refractivity contribution in [1.29, 1.82) is 0 Å². The molecule has 0 aliphatic carbocycles. The topological polar surface area (TPSA) is 66.4 Å². The molecule has 16 heavy (non-hydrogen) atoms. The molecule has 0 aromatic rings. The molecule has 4 heteroatoms. The third kappa shape index (κ3) is 4.64. The maximum Gasteiger partial charge on any atom is 0.329 e. The van der Waals surface area contributed by atoms with Gasteiger partial charge in [0.15, 0.2) is 0 Å². The van der Waals surface area contributed by atoms with E-state index in [1.807, 2.05) is 20.8 Å². The summed E-state index contributed by atoms with van der Waals surface area (Å²) in [7, 11) is 0. The number of hydrogen-bond donors (Lipinski definition) is 2. The molecule has 0 saturated carbocycles. The highest BCUT2D eigenvalue weighted by Gasteiger charge is 2.33. The Bertz CT molecular complexity index is 253. The Morgan fingerprint density at radius 1 is 1.38 bits per heavy atom. The number of nitrogens with one attached hydrogen (secondary N) is 1. The van der Waals surface area contributed by atoms with Gasteiger partial charge in [-0.05, 0) is 19.3 Å². The lowest BCUT2D eigenvalue weighted by atomic mass is 9.95. The lowest BCUT2D eigenvalue weighted by Crippen LogP contribution is -2.52. The van der Waals surface area contributed by atoms with Gasteiger partial charge in [0.2, 0.25) is 5.91 Å². The van der Waals surface area contributed by atoms with Crippen molar-refractivity contribution in [1.82, 2.24) is 5.32 Å². The van der Waals surface area contributed by atoms with E-state index < -0.39 is 11.5 Å². The number of carbonyl (C=O) groups is 2. The van der Waals surface area contributed by atoms with E-state index in [0.29, 0.717) is 18.8 Å². The predicted octanol–water partition coefficient (Wildman–Crippen LogP) is 2.18. The van der Waals surface area contributed by atoms with Gasteiger partial charge in [0.25, 0.3) is 0 Å². The van der Waals surface area contributed by atoms with Crippen molar-refractivity contribution in [3.05, 3.63) is 0 Å². The van der Waals surface area contributed by atoms with Gasteiger partial charge in [-0.15, -0.1) is 0 Å². The minimum atomic E-state index is -1.13. The summed E-state index contributed by atoms with van der Waals surface area (Å²) in [6.45, 7) is 7.47. The summed E-state index contributed by atoms with van der Waals surface area (Å²) < 4.78 is 0. The minimum Gasteiger partial charge on any atom is -0.480 e. The molecule has 2 atom stereocenters. The van der Waals surface area contributed by atoms with E-state index in [0.717, 1.165) is 12.8 Å². The first-order valence-electron chi connectivity index (χ1n) is 5.90. The first kappa shape index (κ1) is 14.9. The van der Waals surface area contributed by atoms with Crippen LogP contribution in [0, 0.1) is 5.92 Å². The van der Waals surface area contributed by atoms with Gasteiger partial charge in [0, 0.05) is 6.42 Å². The Morgan fingerprint density at radius 3 is 2.31 bits per heavy atom. The molecule has 0 saturated heterocycles. The van der Waals surface area contributed by atoms with Crippen molar-refractivity contribution in [2.75, 3.05) is 0 Å². The SMILES string of the molecule is CCCC(C)(NC(=O)CC(C)CC)C(=O)O. The Kier molecular flexibility index (Phi) is 6.08. The van der Waals surface area contributed by atoms with Crippen molar-refractivity contribution < 1.29 is 14.7 Å². The summed E-state index contributed by atoms with van der Waals surface area (Å²) in [5.41, 5.74) is -1.13. The van der Waals surface area contributed by atoms with Gasteiger partial charge in [-0.1, -0.05) is 33.6 Å². The number of aliphatic carboxylic acids is 1. The summed E-state index contributed by atoms with van der Waals surface area (Å²) in [6.07, 6.45) is 2.50. The molecule has 0 aromatic carbocycles. The molecule has 0 rings (SSSR count). The van der Waals surface area contributed by atoms with E-state index in [2.05, 4.69) is 5.32 Å². The Hall–Kier alpha value is -1.06. The maximum absolute atomic E-state index is 11.6. The molecule has 0 aliphatic heterocycles. The van der Waals surface area contributed by atoms with Crippen LogP contribution in [0.5, 0.6) is 0 Å². The summed E-state index contributed by atoms with van der Waals surface area (Å²) >= 11 is 0. The van der Waals surface area contributed by atoms with Crippen molar-refractivity contribution in [3.8, 4) is 0 Å². The van der Waals surface area contributed by atoms with Gasteiger partial charge in [0.1, 0.15) is 5.54 Å². The summed E-state index contributed by atoms with van der Waals surface area (Å²) in [5.74, 6) is -0.848. The Labute approximate surface area is 97.4 Å². The van der Waals surface area contributed by atoms with Gasteiger partial charge in [0.05, 0.1) is 0 Å². The van der Waals surface area contributed by atoms with Crippen LogP contribution in [0.1, 0.15) is 53.4 Å². The van der Waals surface area contributed by atoms with Crippen molar-refractivity contribution >= 4 is 11.9 Å². The molecule has 0 fully saturated rings. The molecule has 2 unspecified atom stereocenters. The van der Waals surface area contributed by atoms with E-state index in [1.165, 1.54) is 0 Å². The van der Waals surface area contributed by atoms with Gasteiger partial charge in [-0.25, -0.2) is 4.79 Å². The van der Waals surface area contributed by atoms with E-state index in [9.17, 15) is 9.59 Å². The van der Waals surface area contributed by atoms with Crippen LogP contribution in [0.3, 0.4) is 0 Å². The molecule has 0 radical (unpaired) electrons. The van der Waals surface area contributed by atoms with Crippen LogP contribution >= 0.6 is 0 Å². The molecule has 0 aliphatic rings. The van der Waals surface area contributed by atoms with E-state index in [-0.39, 0.29) is 5.91 Å². The molecular formula is C12H23NO3. The van der Waals surface area contributed by atoms with Gasteiger partial charge < -0.3 is 10.4 Å². The first-order valence-corrected chi connectivity index (χ1v) is 5.90. The largest absolute Gasteiger partial charge is 0.480 e. The number of hydrogen-bond acceptors (Lipinski definition) is 2. The molecular weight excluding hydrogens is 206 g/mol. The normalized spacial score (nSPS) is 16.2. The quantitative estimate of drug-likeness (QED) is 0.703. The number of carbonyl (C=O) groups excluding carboxylic acids is 1. The smallest absolute Gasteiger partial charge is 0.329 e. The predicted molar refractivity (Wildman–Crippen MR) is 63.2 cm³/mol. The number of rotatable bonds is 7. The highest BCUT2D eigenvalue weighted by atomic mass is 16.4. The van der Waals surface area contributed by atoms with Crippen LogP contribution in [0.2, 0.25) is 0 Å². The lowest BCUT2D eigenvalue weighted by molar-refractivity contribution is -0.147. The first-order chi connectivity index (χ1) is 7.35. The average molecular weight is 229 g/mol. The minimum absolute atomic E-state index is 0.173. The number of carboxylic acids is 1. The van der Waals surface area contributed by atoms with Crippen LogP contribution in [-0.4, -0.2) is 22.5 Å². The lowest BCUT2D eigenvalue weighted by Gasteiger charge is -2.26. The summed E-state index contributed by atoms with van der Waals surface area (Å²) in [5, 5.41) is 11.7. The van der Waals surface area contributed by atoms with Crippen molar-refractivity contribution in [2.45, 2.75) is 58.9 Å². The molecule has 0 spiro atoms. The standard InChI is InChI=1S/C12H23NO3/c1-5-7-12(4,11(15)16)13-10(14)8-9(3)6-2/h9H,5-8H2,1-4H3,(H,13,14)(H,15,16). The van der Waals surface area contributed by atoms with Gasteiger partial charge >= 0.3 is 5.97 Å². The zero-order valence-corrected chi connectivity index (χ0v) is 10.7. The fourth-order valence-corrected chi connectivity index (χ4v) is 1.54. The van der Waals surface area contributed by atoms with Crippen LogP contribution in [-0.2, 0) is 9.59 Å². The third-order valence-corrected chi connectivity index (χ3v) is 2.87. The number of amides is 1. The van der Waals surface area contributed by atoms with E-state index in [4.69, 9.17) is 5.11 Å². The zero-order chi connectivity index (χ0) is 12.8. The molecule has 2 N–H and O–H groups in total. The molecule has 1 amide bonds. The summed E-state index contributed by atoms with van der Waals surface area (Å²) in [6, 6.07) is 0. The second-order valence-electron chi connectivity index (χ2n) is 4.65.